The minimum atomic E-state index is -0.337. The number of hydrogen-bond acceptors (Lipinski definition) is 5. The van der Waals surface area contributed by atoms with Gasteiger partial charge in [-0.05, 0) is 36.6 Å². The van der Waals surface area contributed by atoms with Crippen molar-refractivity contribution in [1.82, 2.24) is 14.8 Å². The highest BCUT2D eigenvalue weighted by Gasteiger charge is 2.29. The zero-order valence-corrected chi connectivity index (χ0v) is 12.1. The average molecular weight is 303 g/mol. The monoisotopic (exact) mass is 303 g/mol. The number of thioether (sulfide) groups is 1. The molecule has 0 spiro atoms. The van der Waals surface area contributed by atoms with Gasteiger partial charge in [0.15, 0.2) is 5.16 Å². The first-order valence-corrected chi connectivity index (χ1v) is 7.66. The second-order valence-corrected chi connectivity index (χ2v) is 5.85. The molecule has 0 radical (unpaired) electrons. The Labute approximate surface area is 126 Å². The predicted octanol–water partition coefficient (Wildman–Crippen LogP) is 2.37. The highest BCUT2D eigenvalue weighted by Crippen LogP contribution is 2.39. The SMILES string of the molecule is N#Cc1ccc(F)cc1CSc1nnc(CN)n1C1CC1. The van der Waals surface area contributed by atoms with Crippen LogP contribution in [0.2, 0.25) is 0 Å². The first-order valence-electron chi connectivity index (χ1n) is 6.68. The van der Waals surface area contributed by atoms with Gasteiger partial charge in [-0.3, -0.25) is 0 Å². The van der Waals surface area contributed by atoms with Gasteiger partial charge in [0.2, 0.25) is 0 Å². The smallest absolute Gasteiger partial charge is 0.191 e. The van der Waals surface area contributed by atoms with E-state index in [-0.39, 0.29) is 5.82 Å². The van der Waals surface area contributed by atoms with E-state index in [1.807, 2.05) is 0 Å². The van der Waals surface area contributed by atoms with Crippen LogP contribution in [0.15, 0.2) is 23.4 Å². The summed E-state index contributed by atoms with van der Waals surface area (Å²) in [4.78, 5) is 0. The van der Waals surface area contributed by atoms with E-state index in [0.717, 1.165) is 23.8 Å². The molecule has 0 bridgehead atoms. The summed E-state index contributed by atoms with van der Waals surface area (Å²) in [7, 11) is 0. The molecule has 0 saturated heterocycles. The molecule has 0 unspecified atom stereocenters. The van der Waals surface area contributed by atoms with E-state index < -0.39 is 0 Å². The largest absolute Gasteiger partial charge is 0.324 e. The molecule has 21 heavy (non-hydrogen) atoms. The summed E-state index contributed by atoms with van der Waals surface area (Å²) in [6, 6.07) is 6.71. The summed E-state index contributed by atoms with van der Waals surface area (Å²) in [5.41, 5.74) is 6.83. The average Bonchev–Trinajstić information content (AvgIpc) is 3.25. The van der Waals surface area contributed by atoms with Gasteiger partial charge < -0.3 is 10.3 Å². The van der Waals surface area contributed by atoms with Crippen LogP contribution in [-0.2, 0) is 12.3 Å². The van der Waals surface area contributed by atoms with Crippen molar-refractivity contribution in [3.63, 3.8) is 0 Å². The second-order valence-electron chi connectivity index (χ2n) is 4.91. The fourth-order valence-electron chi connectivity index (χ4n) is 2.18. The maximum atomic E-state index is 13.3. The fourth-order valence-corrected chi connectivity index (χ4v) is 3.19. The van der Waals surface area contributed by atoms with Crippen LogP contribution in [0.1, 0.15) is 35.8 Å². The van der Waals surface area contributed by atoms with Gasteiger partial charge in [-0.25, -0.2) is 4.39 Å². The number of halogens is 1. The van der Waals surface area contributed by atoms with Gasteiger partial charge in [0.25, 0.3) is 0 Å². The molecule has 1 aromatic heterocycles. The molecule has 5 nitrogen and oxygen atoms in total. The van der Waals surface area contributed by atoms with E-state index in [4.69, 9.17) is 11.0 Å². The van der Waals surface area contributed by atoms with Gasteiger partial charge in [0, 0.05) is 11.8 Å². The molecule has 1 saturated carbocycles. The van der Waals surface area contributed by atoms with Gasteiger partial charge in [-0.1, -0.05) is 11.8 Å². The molecule has 2 N–H and O–H groups in total. The third-order valence-corrected chi connectivity index (χ3v) is 4.37. The molecule has 0 aliphatic heterocycles. The Morgan fingerprint density at radius 1 is 1.43 bits per heavy atom. The molecule has 1 heterocycles. The normalized spacial score (nSPS) is 14.1. The Morgan fingerprint density at radius 2 is 2.24 bits per heavy atom. The number of benzene rings is 1. The van der Waals surface area contributed by atoms with Gasteiger partial charge >= 0.3 is 0 Å². The minimum absolute atomic E-state index is 0.337. The van der Waals surface area contributed by atoms with Crippen molar-refractivity contribution in [3.05, 3.63) is 41.0 Å². The number of hydrogen-bond donors (Lipinski definition) is 1. The zero-order chi connectivity index (χ0) is 14.8. The Hall–Kier alpha value is -1.91. The van der Waals surface area contributed by atoms with Crippen molar-refractivity contribution in [2.75, 3.05) is 0 Å². The van der Waals surface area contributed by atoms with Crippen LogP contribution in [0.4, 0.5) is 4.39 Å². The Morgan fingerprint density at radius 3 is 2.90 bits per heavy atom. The highest BCUT2D eigenvalue weighted by molar-refractivity contribution is 7.98. The first-order chi connectivity index (χ1) is 10.2. The molecule has 1 fully saturated rings. The predicted molar refractivity (Wildman–Crippen MR) is 76.9 cm³/mol. The quantitative estimate of drug-likeness (QED) is 0.858. The first kappa shape index (κ1) is 14.0. The van der Waals surface area contributed by atoms with Crippen molar-refractivity contribution < 1.29 is 4.39 Å². The van der Waals surface area contributed by atoms with Crippen molar-refractivity contribution in [1.29, 1.82) is 5.26 Å². The molecule has 1 aliphatic rings. The number of aromatic nitrogens is 3. The summed E-state index contributed by atoms with van der Waals surface area (Å²) in [6.07, 6.45) is 2.23. The molecule has 1 aromatic carbocycles. The van der Waals surface area contributed by atoms with Crippen LogP contribution in [0.25, 0.3) is 0 Å². The van der Waals surface area contributed by atoms with Crippen molar-refractivity contribution in [2.45, 2.75) is 36.3 Å². The molecule has 108 valence electrons. The molecule has 3 rings (SSSR count). The summed E-state index contributed by atoms with van der Waals surface area (Å²) < 4.78 is 15.4. The van der Waals surface area contributed by atoms with Crippen LogP contribution in [-0.4, -0.2) is 14.8 Å². The topological polar surface area (TPSA) is 80.5 Å². The van der Waals surface area contributed by atoms with Gasteiger partial charge in [0.05, 0.1) is 18.2 Å². The molecule has 2 aromatic rings. The Bertz CT molecular complexity index is 702. The van der Waals surface area contributed by atoms with Gasteiger partial charge in [-0.15, -0.1) is 10.2 Å². The summed E-state index contributed by atoms with van der Waals surface area (Å²) >= 11 is 1.46. The maximum absolute atomic E-state index is 13.3. The lowest BCUT2D eigenvalue weighted by Crippen LogP contribution is -2.08. The molecule has 0 amide bonds. The lowest BCUT2D eigenvalue weighted by molar-refractivity contribution is 0.624. The van der Waals surface area contributed by atoms with E-state index in [1.54, 1.807) is 0 Å². The lowest BCUT2D eigenvalue weighted by atomic mass is 10.1. The van der Waals surface area contributed by atoms with Crippen LogP contribution < -0.4 is 5.73 Å². The zero-order valence-electron chi connectivity index (χ0n) is 11.3. The molecule has 7 heteroatoms. The third kappa shape index (κ3) is 2.91. The number of nitrogens with two attached hydrogens (primary N) is 1. The molecule has 0 atom stereocenters. The van der Waals surface area contributed by atoms with E-state index in [2.05, 4.69) is 20.8 Å². The molecular formula is C14H14FN5S. The number of nitriles is 1. The molecule has 1 aliphatic carbocycles. The highest BCUT2D eigenvalue weighted by atomic mass is 32.2. The third-order valence-electron chi connectivity index (χ3n) is 3.37. The van der Waals surface area contributed by atoms with E-state index in [9.17, 15) is 4.39 Å². The van der Waals surface area contributed by atoms with Crippen molar-refractivity contribution in [3.8, 4) is 6.07 Å². The molecular weight excluding hydrogens is 289 g/mol. The Kier molecular flexibility index (Phi) is 3.90. The minimum Gasteiger partial charge on any atom is -0.324 e. The number of rotatable bonds is 5. The van der Waals surface area contributed by atoms with Crippen LogP contribution in [0.3, 0.4) is 0 Å². The summed E-state index contributed by atoms with van der Waals surface area (Å²) in [5, 5.41) is 18.1. The maximum Gasteiger partial charge on any atom is 0.191 e. The fraction of sp³-hybridized carbons (Fsp3) is 0.357. The van der Waals surface area contributed by atoms with Gasteiger partial charge in [-0.2, -0.15) is 5.26 Å². The standard InChI is InChI=1S/C14H14FN5S/c15-11-2-1-9(6-16)10(5-11)8-21-14-19-18-13(7-17)20(14)12-3-4-12/h1-2,5,12H,3-4,7-8,17H2. The summed E-state index contributed by atoms with van der Waals surface area (Å²) in [5.74, 6) is 0.923. The van der Waals surface area contributed by atoms with E-state index >= 15 is 0 Å². The van der Waals surface area contributed by atoms with E-state index in [1.165, 1.54) is 30.0 Å². The summed E-state index contributed by atoms with van der Waals surface area (Å²) in [6.45, 7) is 0.355. The van der Waals surface area contributed by atoms with Crippen LogP contribution >= 0.6 is 11.8 Å². The second kappa shape index (κ2) is 5.84. The van der Waals surface area contributed by atoms with Crippen LogP contribution in [0, 0.1) is 17.1 Å². The van der Waals surface area contributed by atoms with Crippen molar-refractivity contribution >= 4 is 11.8 Å². The van der Waals surface area contributed by atoms with Crippen molar-refractivity contribution in [2.24, 2.45) is 5.73 Å². The van der Waals surface area contributed by atoms with E-state index in [0.29, 0.717) is 29.5 Å². The number of nitrogens with zero attached hydrogens (tertiary/aromatic N) is 4. The lowest BCUT2D eigenvalue weighted by Gasteiger charge is -2.08. The van der Waals surface area contributed by atoms with Crippen LogP contribution in [0.5, 0.6) is 0 Å². The Balaban J connectivity index is 1.81. The van der Waals surface area contributed by atoms with Gasteiger partial charge in [0.1, 0.15) is 11.6 Å².